The van der Waals surface area contributed by atoms with Gasteiger partial charge in [0.05, 0.1) is 6.42 Å². The first-order chi connectivity index (χ1) is 5.19. The third-order valence-corrected chi connectivity index (χ3v) is 2.22. The highest BCUT2D eigenvalue weighted by molar-refractivity contribution is 5.98. The maximum absolute atomic E-state index is 10.9. The minimum Gasteiger partial charge on any atom is -0.457 e. The first-order valence-electron chi connectivity index (χ1n) is 3.41. The van der Waals surface area contributed by atoms with Gasteiger partial charge in [-0.25, -0.2) is 4.79 Å². The fraction of sp³-hybridized carbons (Fsp3) is 0.667. The first-order valence-corrected chi connectivity index (χ1v) is 3.41. The number of carbonyl (C=O) groups excluding carboxylic acids is 2. The van der Waals surface area contributed by atoms with E-state index in [0.29, 0.717) is 0 Å². The molecule has 0 saturated carbocycles. The lowest BCUT2D eigenvalue weighted by molar-refractivity contribution is -0.185. The Morgan fingerprint density at radius 2 is 2.45 bits per heavy atom. The molecule has 0 bridgehead atoms. The summed E-state index contributed by atoms with van der Waals surface area (Å²) in [6.45, 7) is 0.127. The Morgan fingerprint density at radius 1 is 1.73 bits per heavy atom. The van der Waals surface area contributed by atoms with Crippen LogP contribution in [0.25, 0.3) is 0 Å². The van der Waals surface area contributed by atoms with E-state index in [1.54, 1.807) is 0 Å². The van der Waals surface area contributed by atoms with E-state index in [4.69, 9.17) is 10.5 Å². The van der Waals surface area contributed by atoms with Crippen LogP contribution in [0.1, 0.15) is 6.42 Å². The standard InChI is InChI=1S/C6H8N2O3/c7-2-6-3(11-5(6)10)1-4(9)8-6/h3H,1-2,7H2,(H,8,9)/t3-,6?/m0/s1. The van der Waals surface area contributed by atoms with Crippen molar-refractivity contribution in [1.29, 1.82) is 0 Å². The zero-order valence-corrected chi connectivity index (χ0v) is 5.79. The number of rotatable bonds is 1. The second-order valence-electron chi connectivity index (χ2n) is 2.82. The van der Waals surface area contributed by atoms with Crippen LogP contribution in [0.5, 0.6) is 0 Å². The summed E-state index contributed by atoms with van der Waals surface area (Å²) < 4.78 is 4.73. The van der Waals surface area contributed by atoms with Gasteiger partial charge >= 0.3 is 5.97 Å². The summed E-state index contributed by atoms with van der Waals surface area (Å²) in [6, 6.07) is 0. The van der Waals surface area contributed by atoms with Crippen LogP contribution in [0.15, 0.2) is 0 Å². The second kappa shape index (κ2) is 1.73. The Labute approximate surface area is 62.9 Å². The molecule has 0 radical (unpaired) electrons. The van der Waals surface area contributed by atoms with Gasteiger partial charge in [0.25, 0.3) is 0 Å². The van der Waals surface area contributed by atoms with Gasteiger partial charge < -0.3 is 15.8 Å². The molecule has 2 aliphatic heterocycles. The summed E-state index contributed by atoms with van der Waals surface area (Å²) in [5.41, 5.74) is 4.47. The summed E-state index contributed by atoms with van der Waals surface area (Å²) >= 11 is 0. The largest absolute Gasteiger partial charge is 0.457 e. The van der Waals surface area contributed by atoms with E-state index in [1.807, 2.05) is 0 Å². The van der Waals surface area contributed by atoms with E-state index < -0.39 is 11.5 Å². The van der Waals surface area contributed by atoms with Crippen LogP contribution in [-0.4, -0.2) is 30.1 Å². The molecule has 2 rings (SSSR count). The van der Waals surface area contributed by atoms with Crippen LogP contribution in [0, 0.1) is 0 Å². The van der Waals surface area contributed by atoms with Gasteiger partial charge in [0.1, 0.15) is 6.10 Å². The molecule has 2 saturated heterocycles. The quantitative estimate of drug-likeness (QED) is 0.436. The minimum absolute atomic E-state index is 0.127. The van der Waals surface area contributed by atoms with Crippen molar-refractivity contribution < 1.29 is 14.3 Å². The Hall–Kier alpha value is -1.10. The van der Waals surface area contributed by atoms with E-state index in [1.165, 1.54) is 0 Å². The molecule has 11 heavy (non-hydrogen) atoms. The predicted octanol–water partition coefficient (Wildman–Crippen LogP) is -1.87. The molecule has 5 heteroatoms. The highest BCUT2D eigenvalue weighted by atomic mass is 16.6. The normalized spacial score (nSPS) is 40.6. The number of carbonyl (C=O) groups is 2. The smallest absolute Gasteiger partial charge is 0.337 e. The lowest BCUT2D eigenvalue weighted by Gasteiger charge is -2.40. The van der Waals surface area contributed by atoms with Crippen LogP contribution in [0.4, 0.5) is 0 Å². The highest BCUT2D eigenvalue weighted by Gasteiger charge is 2.62. The molecule has 60 valence electrons. The third kappa shape index (κ3) is 0.586. The van der Waals surface area contributed by atoms with E-state index in [9.17, 15) is 9.59 Å². The molecule has 2 aliphatic rings. The van der Waals surface area contributed by atoms with Gasteiger partial charge in [-0.2, -0.15) is 0 Å². The van der Waals surface area contributed by atoms with Gasteiger partial charge in [-0.05, 0) is 0 Å². The average molecular weight is 156 g/mol. The lowest BCUT2D eigenvalue weighted by atomic mass is 9.89. The summed E-state index contributed by atoms with van der Waals surface area (Å²) in [4.78, 5) is 21.7. The Morgan fingerprint density at radius 3 is 2.82 bits per heavy atom. The molecule has 2 fully saturated rings. The molecule has 2 heterocycles. The molecular weight excluding hydrogens is 148 g/mol. The van der Waals surface area contributed by atoms with Gasteiger partial charge in [0.2, 0.25) is 5.91 Å². The molecular formula is C6H8N2O3. The maximum Gasteiger partial charge on any atom is 0.337 e. The van der Waals surface area contributed by atoms with Crippen molar-refractivity contribution in [2.24, 2.45) is 5.73 Å². The van der Waals surface area contributed by atoms with E-state index in [-0.39, 0.29) is 25.0 Å². The highest BCUT2D eigenvalue weighted by Crippen LogP contribution is 2.33. The van der Waals surface area contributed by atoms with Crippen LogP contribution in [0.3, 0.4) is 0 Å². The van der Waals surface area contributed by atoms with E-state index in [0.717, 1.165) is 0 Å². The number of amides is 1. The second-order valence-corrected chi connectivity index (χ2v) is 2.82. The van der Waals surface area contributed by atoms with Crippen molar-refractivity contribution in [3.8, 4) is 0 Å². The van der Waals surface area contributed by atoms with Gasteiger partial charge in [-0.1, -0.05) is 0 Å². The van der Waals surface area contributed by atoms with Crippen LogP contribution < -0.4 is 11.1 Å². The monoisotopic (exact) mass is 156 g/mol. The number of nitrogens with two attached hydrogens (primary N) is 1. The summed E-state index contributed by atoms with van der Waals surface area (Å²) in [6.07, 6.45) is -0.0735. The number of hydrogen-bond acceptors (Lipinski definition) is 4. The number of nitrogens with one attached hydrogen (secondary N) is 1. The molecule has 0 aromatic carbocycles. The molecule has 5 nitrogen and oxygen atoms in total. The molecule has 2 atom stereocenters. The van der Waals surface area contributed by atoms with Gasteiger partial charge in [0.15, 0.2) is 5.54 Å². The lowest BCUT2D eigenvalue weighted by Crippen LogP contribution is -2.69. The summed E-state index contributed by atoms with van der Waals surface area (Å²) in [5.74, 6) is -0.567. The predicted molar refractivity (Wildman–Crippen MR) is 34.4 cm³/mol. The Balaban J connectivity index is 2.28. The molecule has 1 amide bonds. The molecule has 1 unspecified atom stereocenters. The summed E-state index contributed by atoms with van der Waals surface area (Å²) in [5, 5.41) is 2.53. The van der Waals surface area contributed by atoms with Crippen molar-refractivity contribution in [2.75, 3.05) is 6.54 Å². The fourth-order valence-electron chi connectivity index (χ4n) is 1.49. The van der Waals surface area contributed by atoms with Crippen molar-refractivity contribution in [3.63, 3.8) is 0 Å². The molecule has 0 aliphatic carbocycles. The first kappa shape index (κ1) is 6.60. The number of fused-ring (bicyclic) bond motifs is 1. The maximum atomic E-state index is 10.9. The molecule has 0 spiro atoms. The number of ether oxygens (including phenoxy) is 1. The van der Waals surface area contributed by atoms with Crippen molar-refractivity contribution in [1.82, 2.24) is 5.32 Å². The zero-order chi connectivity index (χ0) is 8.06. The molecule has 0 aromatic heterocycles. The van der Waals surface area contributed by atoms with Gasteiger partial charge in [-0.3, -0.25) is 4.79 Å². The number of hydrogen-bond donors (Lipinski definition) is 2. The van der Waals surface area contributed by atoms with Gasteiger partial charge in [-0.15, -0.1) is 0 Å². The third-order valence-electron chi connectivity index (χ3n) is 2.22. The van der Waals surface area contributed by atoms with Crippen LogP contribution >= 0.6 is 0 Å². The fourth-order valence-corrected chi connectivity index (χ4v) is 1.49. The topological polar surface area (TPSA) is 81.4 Å². The SMILES string of the molecule is NCC12NC(=O)C[C@@H]1OC2=O. The summed E-state index contributed by atoms with van der Waals surface area (Å²) in [7, 11) is 0. The molecule has 0 aromatic rings. The Kier molecular flexibility index (Phi) is 1.04. The Bertz CT molecular complexity index is 240. The van der Waals surface area contributed by atoms with E-state index in [2.05, 4.69) is 5.32 Å². The zero-order valence-electron chi connectivity index (χ0n) is 5.79. The van der Waals surface area contributed by atoms with Crippen LogP contribution in [0.2, 0.25) is 0 Å². The van der Waals surface area contributed by atoms with Crippen molar-refractivity contribution in [2.45, 2.75) is 18.1 Å². The average Bonchev–Trinajstić information content (AvgIpc) is 2.23. The minimum atomic E-state index is -0.878. The molecule has 3 N–H and O–H groups in total. The van der Waals surface area contributed by atoms with Crippen molar-refractivity contribution >= 4 is 11.9 Å². The van der Waals surface area contributed by atoms with E-state index >= 15 is 0 Å². The van der Waals surface area contributed by atoms with Crippen LogP contribution in [-0.2, 0) is 14.3 Å². The van der Waals surface area contributed by atoms with Crippen molar-refractivity contribution in [3.05, 3.63) is 0 Å². The van der Waals surface area contributed by atoms with Gasteiger partial charge in [0, 0.05) is 6.54 Å². The number of esters is 1.